The minimum atomic E-state index is -0.178. The van der Waals surface area contributed by atoms with Gasteiger partial charge in [0, 0.05) is 12.8 Å². The van der Waals surface area contributed by atoms with Crippen LogP contribution in [0.25, 0.3) is 10.9 Å². The topological polar surface area (TPSA) is 23.4 Å². The molecule has 0 spiro atoms. The highest BCUT2D eigenvalue weighted by Gasteiger charge is 2.12. The Labute approximate surface area is 115 Å². The summed E-state index contributed by atoms with van der Waals surface area (Å²) < 4.78 is 13.7. The van der Waals surface area contributed by atoms with E-state index in [1.807, 2.05) is 19.9 Å². The quantitative estimate of drug-likeness (QED) is 0.546. The highest BCUT2D eigenvalue weighted by atomic mass is 16.7. The number of aromatic nitrogens is 1. The third-order valence-corrected chi connectivity index (χ3v) is 3.26. The monoisotopic (exact) mass is 261 g/mol. The molecule has 19 heavy (non-hydrogen) atoms. The highest BCUT2D eigenvalue weighted by Crippen LogP contribution is 2.21. The molecule has 3 nitrogen and oxygen atoms in total. The van der Waals surface area contributed by atoms with Crippen LogP contribution >= 0.6 is 0 Å². The second-order valence-corrected chi connectivity index (χ2v) is 4.81. The smallest absolute Gasteiger partial charge is 0.157 e. The molecule has 0 bridgehead atoms. The summed E-state index contributed by atoms with van der Waals surface area (Å²) in [6, 6.07) is 10.4. The number of para-hydroxylation sites is 1. The molecule has 2 aromatic rings. The molecule has 1 heterocycles. The van der Waals surface area contributed by atoms with Crippen molar-refractivity contribution in [2.45, 2.75) is 46.1 Å². The zero-order chi connectivity index (χ0) is 13.7. The maximum absolute atomic E-state index is 5.89. The average Bonchev–Trinajstić information content (AvgIpc) is 2.83. The number of rotatable bonds is 7. The number of fused-ring (bicyclic) bond motifs is 1. The minimum Gasteiger partial charge on any atom is -0.353 e. The molecule has 0 aliphatic heterocycles. The summed E-state index contributed by atoms with van der Waals surface area (Å²) in [5, 5.41) is 1.23. The molecule has 0 amide bonds. The summed E-state index contributed by atoms with van der Waals surface area (Å²) in [7, 11) is 0. The lowest BCUT2D eigenvalue weighted by Gasteiger charge is -2.21. The first-order chi connectivity index (χ1) is 9.22. The summed E-state index contributed by atoms with van der Waals surface area (Å²) in [6.45, 7) is 6.92. The van der Waals surface area contributed by atoms with Crippen LogP contribution in [-0.4, -0.2) is 17.5 Å². The fourth-order valence-electron chi connectivity index (χ4n) is 2.20. The van der Waals surface area contributed by atoms with Crippen molar-refractivity contribution in [2.75, 3.05) is 6.61 Å². The molecule has 0 radical (unpaired) electrons. The first-order valence-electron chi connectivity index (χ1n) is 7.05. The zero-order valence-corrected chi connectivity index (χ0v) is 12.0. The molecular formula is C16H23NO2. The number of nitrogens with zero attached hydrogens (tertiary/aromatic N) is 1. The summed E-state index contributed by atoms with van der Waals surface area (Å²) in [5.41, 5.74) is 1.19. The van der Waals surface area contributed by atoms with Crippen molar-refractivity contribution < 1.29 is 9.47 Å². The molecule has 0 fully saturated rings. The van der Waals surface area contributed by atoms with Crippen molar-refractivity contribution in [3.8, 4) is 0 Å². The van der Waals surface area contributed by atoms with E-state index in [2.05, 4.69) is 42.0 Å². The Balaban J connectivity index is 1.97. The lowest BCUT2D eigenvalue weighted by Crippen LogP contribution is -2.19. The molecule has 0 aliphatic carbocycles. The van der Waals surface area contributed by atoms with Gasteiger partial charge in [0.1, 0.15) is 6.23 Å². The summed E-state index contributed by atoms with van der Waals surface area (Å²) in [5.74, 6) is 0. The largest absolute Gasteiger partial charge is 0.353 e. The van der Waals surface area contributed by atoms with E-state index in [9.17, 15) is 0 Å². The molecular weight excluding hydrogens is 238 g/mol. The van der Waals surface area contributed by atoms with Crippen molar-refractivity contribution in [1.82, 2.24) is 4.57 Å². The predicted molar refractivity (Wildman–Crippen MR) is 78.1 cm³/mol. The van der Waals surface area contributed by atoms with E-state index in [1.54, 1.807) is 0 Å². The SMILES string of the molecule is CCCCOC(C)OC(C)n1ccc2ccccc21. The van der Waals surface area contributed by atoms with E-state index in [1.165, 1.54) is 10.9 Å². The van der Waals surface area contributed by atoms with Gasteiger partial charge in [-0.05, 0) is 37.8 Å². The minimum absolute atomic E-state index is 0.0310. The van der Waals surface area contributed by atoms with Gasteiger partial charge in [-0.15, -0.1) is 0 Å². The maximum atomic E-state index is 5.89. The van der Waals surface area contributed by atoms with E-state index in [0.29, 0.717) is 0 Å². The first-order valence-corrected chi connectivity index (χ1v) is 7.05. The number of benzene rings is 1. The van der Waals surface area contributed by atoms with Crippen LogP contribution in [0.2, 0.25) is 0 Å². The molecule has 1 aromatic carbocycles. The number of ether oxygens (including phenoxy) is 2. The van der Waals surface area contributed by atoms with E-state index in [0.717, 1.165) is 19.4 Å². The predicted octanol–water partition coefficient (Wildman–Crippen LogP) is 4.34. The fraction of sp³-hybridized carbons (Fsp3) is 0.500. The van der Waals surface area contributed by atoms with Gasteiger partial charge in [-0.25, -0.2) is 0 Å². The first kappa shape index (κ1) is 14.1. The van der Waals surface area contributed by atoms with Gasteiger partial charge < -0.3 is 14.0 Å². The van der Waals surface area contributed by atoms with Gasteiger partial charge in [-0.1, -0.05) is 31.5 Å². The van der Waals surface area contributed by atoms with Crippen molar-refractivity contribution >= 4 is 10.9 Å². The number of unbranched alkanes of at least 4 members (excludes halogenated alkanes) is 1. The Kier molecular flexibility index (Phi) is 5.00. The summed E-state index contributed by atoms with van der Waals surface area (Å²) in [6.07, 6.45) is 4.08. The Hall–Kier alpha value is -1.32. The molecule has 2 rings (SSSR count). The summed E-state index contributed by atoms with van der Waals surface area (Å²) >= 11 is 0. The fourth-order valence-corrected chi connectivity index (χ4v) is 2.20. The number of hydrogen-bond donors (Lipinski definition) is 0. The molecule has 0 N–H and O–H groups in total. The van der Waals surface area contributed by atoms with Gasteiger partial charge in [0.25, 0.3) is 0 Å². The van der Waals surface area contributed by atoms with Crippen LogP contribution in [-0.2, 0) is 9.47 Å². The molecule has 0 aliphatic rings. The van der Waals surface area contributed by atoms with Crippen molar-refractivity contribution in [3.05, 3.63) is 36.5 Å². The molecule has 1 aromatic heterocycles. The summed E-state index contributed by atoms with van der Waals surface area (Å²) in [4.78, 5) is 0. The second kappa shape index (κ2) is 6.73. The van der Waals surface area contributed by atoms with Gasteiger partial charge in [0.15, 0.2) is 6.29 Å². The molecule has 2 unspecified atom stereocenters. The zero-order valence-electron chi connectivity index (χ0n) is 12.0. The lowest BCUT2D eigenvalue weighted by atomic mass is 10.2. The van der Waals surface area contributed by atoms with Crippen molar-refractivity contribution in [1.29, 1.82) is 0 Å². The Morgan fingerprint density at radius 3 is 2.74 bits per heavy atom. The van der Waals surface area contributed by atoms with Crippen LogP contribution in [0.1, 0.15) is 39.8 Å². The molecule has 0 saturated heterocycles. The van der Waals surface area contributed by atoms with Crippen LogP contribution < -0.4 is 0 Å². The van der Waals surface area contributed by atoms with E-state index in [4.69, 9.17) is 9.47 Å². The van der Waals surface area contributed by atoms with Crippen LogP contribution in [0.5, 0.6) is 0 Å². The van der Waals surface area contributed by atoms with Crippen LogP contribution in [0.3, 0.4) is 0 Å². The number of hydrogen-bond acceptors (Lipinski definition) is 2. The molecule has 3 heteroatoms. The third kappa shape index (κ3) is 3.58. The normalized spacial score (nSPS) is 14.7. The Morgan fingerprint density at radius 2 is 1.95 bits per heavy atom. The van der Waals surface area contributed by atoms with E-state index in [-0.39, 0.29) is 12.5 Å². The molecule has 2 atom stereocenters. The average molecular weight is 261 g/mol. The molecule has 104 valence electrons. The van der Waals surface area contributed by atoms with Crippen LogP contribution in [0, 0.1) is 0 Å². The van der Waals surface area contributed by atoms with Crippen LogP contribution in [0.15, 0.2) is 36.5 Å². The second-order valence-electron chi connectivity index (χ2n) is 4.81. The Morgan fingerprint density at radius 1 is 1.16 bits per heavy atom. The van der Waals surface area contributed by atoms with Crippen molar-refractivity contribution in [3.63, 3.8) is 0 Å². The van der Waals surface area contributed by atoms with E-state index < -0.39 is 0 Å². The Bertz CT molecular complexity index is 506. The lowest BCUT2D eigenvalue weighted by molar-refractivity contribution is -0.174. The van der Waals surface area contributed by atoms with Gasteiger partial charge in [-0.2, -0.15) is 0 Å². The van der Waals surface area contributed by atoms with Gasteiger partial charge in [-0.3, -0.25) is 0 Å². The van der Waals surface area contributed by atoms with Gasteiger partial charge in [0.05, 0.1) is 5.52 Å². The maximum Gasteiger partial charge on any atom is 0.157 e. The molecule has 0 saturated carbocycles. The van der Waals surface area contributed by atoms with Crippen molar-refractivity contribution in [2.24, 2.45) is 0 Å². The van der Waals surface area contributed by atoms with Gasteiger partial charge in [0.2, 0.25) is 0 Å². The highest BCUT2D eigenvalue weighted by molar-refractivity contribution is 5.79. The van der Waals surface area contributed by atoms with E-state index >= 15 is 0 Å². The standard InChI is InChI=1S/C16H23NO2/c1-4-5-12-18-14(3)19-13(2)17-11-10-15-8-6-7-9-16(15)17/h6-11,13-14H,4-5,12H2,1-3H3. The van der Waals surface area contributed by atoms with Crippen LogP contribution in [0.4, 0.5) is 0 Å². The van der Waals surface area contributed by atoms with Gasteiger partial charge >= 0.3 is 0 Å². The third-order valence-electron chi connectivity index (χ3n) is 3.26.